The Morgan fingerprint density at radius 1 is 1.03 bits per heavy atom. The Labute approximate surface area is 185 Å². The van der Waals surface area contributed by atoms with Crippen LogP contribution in [0.2, 0.25) is 0 Å². The van der Waals surface area contributed by atoms with Crippen LogP contribution in [0.3, 0.4) is 0 Å². The van der Waals surface area contributed by atoms with Gasteiger partial charge in [0.1, 0.15) is 17.9 Å². The highest BCUT2D eigenvalue weighted by atomic mass is 19.1. The van der Waals surface area contributed by atoms with E-state index in [1.807, 2.05) is 19.1 Å². The summed E-state index contributed by atoms with van der Waals surface area (Å²) in [6.07, 6.45) is 0.961. The number of carbonyl (C=O) groups excluding carboxylic acids is 4. The van der Waals surface area contributed by atoms with Crippen LogP contribution in [0.25, 0.3) is 0 Å². The van der Waals surface area contributed by atoms with Gasteiger partial charge in [0, 0.05) is 5.69 Å². The lowest BCUT2D eigenvalue weighted by atomic mass is 9.87. The van der Waals surface area contributed by atoms with E-state index in [1.165, 1.54) is 24.3 Å². The van der Waals surface area contributed by atoms with E-state index >= 15 is 0 Å². The van der Waals surface area contributed by atoms with E-state index in [9.17, 15) is 23.6 Å². The minimum absolute atomic E-state index is 0.223. The van der Waals surface area contributed by atoms with Crippen LogP contribution in [-0.4, -0.2) is 41.7 Å². The number of nitrogens with one attached hydrogen (secondary N) is 3. The molecular weight excluding hydrogens is 415 g/mol. The Kier molecular flexibility index (Phi) is 6.87. The average Bonchev–Trinajstić information content (AvgIpc) is 3.03. The number of anilines is 1. The van der Waals surface area contributed by atoms with E-state index < -0.39 is 41.7 Å². The first-order valence-corrected chi connectivity index (χ1v) is 10.3. The van der Waals surface area contributed by atoms with Crippen molar-refractivity contribution in [2.24, 2.45) is 0 Å². The number of imide groups is 1. The van der Waals surface area contributed by atoms with Crippen molar-refractivity contribution >= 4 is 29.4 Å². The SMILES string of the molecule is CCc1ccccc1NC(=O)CNC(=O)CN1C(=O)NC(CC)(c2ccc(F)cc2)C1=O. The quantitative estimate of drug-likeness (QED) is 0.548. The number of urea groups is 1. The second-order valence-electron chi connectivity index (χ2n) is 7.42. The van der Waals surface area contributed by atoms with Crippen molar-refractivity contribution in [2.45, 2.75) is 32.2 Å². The zero-order valence-electron chi connectivity index (χ0n) is 17.9. The lowest BCUT2D eigenvalue weighted by molar-refractivity contribution is -0.135. The molecule has 0 radical (unpaired) electrons. The molecule has 3 N–H and O–H groups in total. The normalized spacial score (nSPS) is 17.8. The third kappa shape index (κ3) is 4.61. The molecule has 1 aliphatic rings. The van der Waals surface area contributed by atoms with Crippen LogP contribution in [-0.2, 0) is 26.3 Å². The highest BCUT2D eigenvalue weighted by Crippen LogP contribution is 2.32. The number of carbonyl (C=O) groups is 4. The molecule has 1 fully saturated rings. The zero-order valence-corrected chi connectivity index (χ0v) is 17.9. The molecule has 0 saturated carbocycles. The molecule has 1 aliphatic heterocycles. The molecule has 32 heavy (non-hydrogen) atoms. The number of amides is 5. The van der Waals surface area contributed by atoms with Gasteiger partial charge in [-0.25, -0.2) is 9.18 Å². The van der Waals surface area contributed by atoms with E-state index in [-0.39, 0.29) is 13.0 Å². The van der Waals surface area contributed by atoms with Crippen molar-refractivity contribution in [1.29, 1.82) is 0 Å². The molecule has 2 aromatic carbocycles. The smallest absolute Gasteiger partial charge is 0.325 e. The topological polar surface area (TPSA) is 108 Å². The monoisotopic (exact) mass is 440 g/mol. The Morgan fingerprint density at radius 3 is 2.38 bits per heavy atom. The molecule has 3 rings (SSSR count). The van der Waals surface area contributed by atoms with E-state index in [1.54, 1.807) is 19.1 Å². The standard InChI is InChI=1S/C23H25FN4O4/c1-3-15-7-5-6-8-18(15)26-19(29)13-25-20(30)14-28-21(31)23(4-2,27-22(28)32)16-9-11-17(24)12-10-16/h5-12H,3-4,13-14H2,1-2H3,(H,25,30)(H,26,29)(H,27,32). The van der Waals surface area contributed by atoms with Gasteiger partial charge in [0.05, 0.1) is 6.54 Å². The molecule has 8 nitrogen and oxygen atoms in total. The fourth-order valence-electron chi connectivity index (χ4n) is 3.67. The number of halogens is 1. The highest BCUT2D eigenvalue weighted by molar-refractivity contribution is 6.09. The molecule has 168 valence electrons. The molecule has 9 heteroatoms. The third-order valence-corrected chi connectivity index (χ3v) is 5.46. The van der Waals surface area contributed by atoms with Gasteiger partial charge < -0.3 is 16.0 Å². The van der Waals surface area contributed by atoms with Crippen LogP contribution in [0.4, 0.5) is 14.9 Å². The maximum Gasteiger partial charge on any atom is 0.325 e. The van der Waals surface area contributed by atoms with Crippen LogP contribution in [0.15, 0.2) is 48.5 Å². The first-order chi connectivity index (χ1) is 15.3. The number of nitrogens with zero attached hydrogens (tertiary/aromatic N) is 1. The molecule has 1 heterocycles. The van der Waals surface area contributed by atoms with Crippen LogP contribution >= 0.6 is 0 Å². The summed E-state index contributed by atoms with van der Waals surface area (Å²) in [6.45, 7) is 2.83. The summed E-state index contributed by atoms with van der Waals surface area (Å²) in [5.74, 6) is -2.15. The molecule has 0 bridgehead atoms. The van der Waals surface area contributed by atoms with Gasteiger partial charge >= 0.3 is 6.03 Å². The summed E-state index contributed by atoms with van der Waals surface area (Å²) in [4.78, 5) is 50.8. The first-order valence-electron chi connectivity index (χ1n) is 10.3. The predicted octanol–water partition coefficient (Wildman–Crippen LogP) is 2.30. The maximum absolute atomic E-state index is 13.3. The van der Waals surface area contributed by atoms with Gasteiger partial charge in [0.2, 0.25) is 11.8 Å². The van der Waals surface area contributed by atoms with Crippen LogP contribution in [0.5, 0.6) is 0 Å². The van der Waals surface area contributed by atoms with Crippen molar-refractivity contribution in [1.82, 2.24) is 15.5 Å². The summed E-state index contributed by atoms with van der Waals surface area (Å²) in [5, 5.41) is 7.78. The zero-order chi connectivity index (χ0) is 23.3. The molecular formula is C23H25FN4O4. The van der Waals surface area contributed by atoms with E-state index in [0.717, 1.165) is 16.9 Å². The van der Waals surface area contributed by atoms with Crippen molar-refractivity contribution < 1.29 is 23.6 Å². The van der Waals surface area contributed by atoms with Crippen LogP contribution in [0.1, 0.15) is 31.4 Å². The predicted molar refractivity (Wildman–Crippen MR) is 116 cm³/mol. The molecule has 2 aromatic rings. The van der Waals surface area contributed by atoms with Gasteiger partial charge in [-0.3, -0.25) is 19.3 Å². The van der Waals surface area contributed by atoms with Gasteiger partial charge in [0.15, 0.2) is 0 Å². The van der Waals surface area contributed by atoms with Crippen molar-refractivity contribution in [3.63, 3.8) is 0 Å². The largest absolute Gasteiger partial charge is 0.345 e. The fourth-order valence-corrected chi connectivity index (χ4v) is 3.67. The summed E-state index contributed by atoms with van der Waals surface area (Å²) in [7, 11) is 0. The lowest BCUT2D eigenvalue weighted by Crippen LogP contribution is -2.45. The minimum Gasteiger partial charge on any atom is -0.345 e. The number of hydrogen-bond acceptors (Lipinski definition) is 4. The summed E-state index contributed by atoms with van der Waals surface area (Å²) in [6, 6.07) is 11.9. The minimum atomic E-state index is -1.37. The number of aryl methyl sites for hydroxylation is 1. The Balaban J connectivity index is 1.61. The molecule has 0 spiro atoms. The number of benzene rings is 2. The van der Waals surface area contributed by atoms with Crippen molar-refractivity contribution in [3.8, 4) is 0 Å². The summed E-state index contributed by atoms with van der Waals surface area (Å²) in [5.41, 5.74) is 0.682. The van der Waals surface area contributed by atoms with E-state index in [4.69, 9.17) is 0 Å². The van der Waals surface area contributed by atoms with Gasteiger partial charge in [-0.15, -0.1) is 0 Å². The van der Waals surface area contributed by atoms with Crippen LogP contribution in [0, 0.1) is 5.82 Å². The van der Waals surface area contributed by atoms with Gasteiger partial charge in [0.25, 0.3) is 5.91 Å². The fraction of sp³-hybridized carbons (Fsp3) is 0.304. The molecule has 0 aromatic heterocycles. The molecule has 1 atom stereocenters. The highest BCUT2D eigenvalue weighted by Gasteiger charge is 2.51. The first kappa shape index (κ1) is 22.9. The number of rotatable bonds is 8. The Hall–Kier alpha value is -3.75. The Morgan fingerprint density at radius 2 is 1.72 bits per heavy atom. The van der Waals surface area contributed by atoms with Crippen molar-refractivity contribution in [3.05, 3.63) is 65.5 Å². The summed E-state index contributed by atoms with van der Waals surface area (Å²) >= 11 is 0. The Bertz CT molecular complexity index is 1040. The van der Waals surface area contributed by atoms with Crippen molar-refractivity contribution in [2.75, 3.05) is 18.4 Å². The molecule has 5 amide bonds. The second-order valence-corrected chi connectivity index (χ2v) is 7.42. The van der Waals surface area contributed by atoms with Crippen LogP contribution < -0.4 is 16.0 Å². The average molecular weight is 440 g/mol. The van der Waals surface area contributed by atoms with E-state index in [0.29, 0.717) is 11.3 Å². The number of hydrogen-bond donors (Lipinski definition) is 3. The summed E-state index contributed by atoms with van der Waals surface area (Å²) < 4.78 is 13.3. The molecule has 0 aliphatic carbocycles. The van der Waals surface area contributed by atoms with Gasteiger partial charge in [-0.05, 0) is 42.2 Å². The maximum atomic E-state index is 13.3. The third-order valence-electron chi connectivity index (χ3n) is 5.46. The van der Waals surface area contributed by atoms with E-state index in [2.05, 4.69) is 16.0 Å². The second kappa shape index (κ2) is 9.59. The molecule has 1 unspecified atom stereocenters. The number of para-hydroxylation sites is 1. The van der Waals surface area contributed by atoms with Gasteiger partial charge in [-0.1, -0.05) is 44.2 Å². The molecule has 1 saturated heterocycles. The lowest BCUT2D eigenvalue weighted by Gasteiger charge is -2.25. The van der Waals surface area contributed by atoms with Gasteiger partial charge in [-0.2, -0.15) is 0 Å².